The quantitative estimate of drug-likeness (QED) is 0.666. The van der Waals surface area contributed by atoms with E-state index in [4.69, 9.17) is 9.31 Å². The van der Waals surface area contributed by atoms with Gasteiger partial charge < -0.3 is 14.2 Å². The molecular weight excluding hydrogens is 405 g/mol. The molecule has 2 heterocycles. The minimum absolute atomic E-state index is 0.00616. The van der Waals surface area contributed by atoms with Gasteiger partial charge in [-0.2, -0.15) is 0 Å². The van der Waals surface area contributed by atoms with Crippen LogP contribution in [0.4, 0.5) is 5.69 Å². The van der Waals surface area contributed by atoms with Crippen molar-refractivity contribution < 1.29 is 22.5 Å². The summed E-state index contributed by atoms with van der Waals surface area (Å²) in [6.45, 7) is 12.6. The zero-order valence-corrected chi connectivity index (χ0v) is 19.3. The lowest BCUT2D eigenvalue weighted by molar-refractivity contribution is -0.130. The molecule has 0 aliphatic carbocycles. The van der Waals surface area contributed by atoms with Crippen molar-refractivity contribution in [3.63, 3.8) is 0 Å². The summed E-state index contributed by atoms with van der Waals surface area (Å²) in [5.41, 5.74) is 0.344. The van der Waals surface area contributed by atoms with Gasteiger partial charge in [0.2, 0.25) is 15.9 Å². The highest BCUT2D eigenvalue weighted by molar-refractivity contribution is 7.92. The first kappa shape index (κ1) is 23.1. The third-order valence-corrected chi connectivity index (χ3v) is 7.45. The van der Waals surface area contributed by atoms with Crippen LogP contribution in [0.25, 0.3) is 0 Å². The topological polar surface area (TPSA) is 88.2 Å². The van der Waals surface area contributed by atoms with E-state index in [1.807, 2.05) is 33.8 Å². The third kappa shape index (κ3) is 5.35. The molecule has 1 amide bonds. The van der Waals surface area contributed by atoms with Crippen LogP contribution < -0.4 is 10.2 Å². The molecule has 0 saturated carbocycles. The summed E-state index contributed by atoms with van der Waals surface area (Å²) in [4.78, 5) is 15.3. The molecule has 166 valence electrons. The molecule has 0 radical (unpaired) electrons. The van der Waals surface area contributed by atoms with E-state index in [9.17, 15) is 13.2 Å². The van der Waals surface area contributed by atoms with Gasteiger partial charge in [-0.15, -0.1) is 0 Å². The molecule has 10 heteroatoms. The number of nitrogens with zero attached hydrogens (tertiary/aromatic N) is 2. The van der Waals surface area contributed by atoms with Crippen LogP contribution in [0.1, 0.15) is 34.6 Å². The number of benzene rings is 1. The van der Waals surface area contributed by atoms with Gasteiger partial charge in [-0.05, 0) is 45.3 Å². The SMILES string of the molecule is CC(=O)N1CCN(CCS(=O)(=O)Nc2cccc(B3OC(C)(C)C(C)(C)O3)c2)CC1. The summed E-state index contributed by atoms with van der Waals surface area (Å²) < 4.78 is 39.9. The largest absolute Gasteiger partial charge is 0.494 e. The lowest BCUT2D eigenvalue weighted by Crippen LogP contribution is -2.49. The Morgan fingerprint density at radius 1 is 1.10 bits per heavy atom. The fraction of sp³-hybridized carbons (Fsp3) is 0.650. The van der Waals surface area contributed by atoms with Gasteiger partial charge >= 0.3 is 7.12 Å². The van der Waals surface area contributed by atoms with Crippen molar-refractivity contribution >= 4 is 34.2 Å². The predicted molar refractivity (Wildman–Crippen MR) is 118 cm³/mol. The molecule has 2 aliphatic heterocycles. The van der Waals surface area contributed by atoms with Crippen molar-refractivity contribution in [2.45, 2.75) is 45.8 Å². The standard InChI is InChI=1S/C20H32BN3O5S/c1-16(25)24-11-9-23(10-12-24)13-14-30(26,27)22-18-8-6-7-17(15-18)21-28-19(2,3)20(4,5)29-21/h6-8,15,22H,9-14H2,1-5H3. The Balaban J connectivity index is 1.57. The van der Waals surface area contributed by atoms with Crippen molar-refractivity contribution in [3.8, 4) is 0 Å². The molecule has 0 unspecified atom stereocenters. The number of anilines is 1. The first-order valence-electron chi connectivity index (χ1n) is 10.3. The van der Waals surface area contributed by atoms with E-state index in [0.717, 1.165) is 5.46 Å². The van der Waals surface area contributed by atoms with Gasteiger partial charge in [-0.1, -0.05) is 12.1 Å². The van der Waals surface area contributed by atoms with Crippen LogP contribution in [-0.4, -0.2) is 80.9 Å². The van der Waals surface area contributed by atoms with Crippen LogP contribution >= 0.6 is 0 Å². The second kappa shape index (κ2) is 8.49. The molecule has 2 aliphatic rings. The molecule has 2 fully saturated rings. The van der Waals surface area contributed by atoms with E-state index < -0.39 is 28.3 Å². The van der Waals surface area contributed by atoms with E-state index >= 15 is 0 Å². The van der Waals surface area contributed by atoms with Crippen LogP contribution in [0.3, 0.4) is 0 Å². The Kier molecular flexibility index (Phi) is 6.53. The van der Waals surface area contributed by atoms with Gasteiger partial charge in [-0.3, -0.25) is 14.4 Å². The molecule has 8 nitrogen and oxygen atoms in total. The summed E-state index contributed by atoms with van der Waals surface area (Å²) >= 11 is 0. The third-order valence-electron chi connectivity index (χ3n) is 6.18. The van der Waals surface area contributed by atoms with Gasteiger partial charge in [-0.25, -0.2) is 8.42 Å². The molecule has 1 aromatic rings. The first-order valence-corrected chi connectivity index (χ1v) is 12.0. The number of rotatable bonds is 6. The number of hydrogen-bond donors (Lipinski definition) is 1. The Hall–Kier alpha value is -1.62. The molecular formula is C20H32BN3O5S. The van der Waals surface area contributed by atoms with Gasteiger partial charge in [0.25, 0.3) is 0 Å². The molecule has 2 saturated heterocycles. The Labute approximate surface area is 180 Å². The minimum Gasteiger partial charge on any atom is -0.399 e. The summed E-state index contributed by atoms with van der Waals surface area (Å²) in [7, 11) is -4.05. The van der Waals surface area contributed by atoms with Crippen molar-refractivity contribution in [2.75, 3.05) is 43.2 Å². The molecule has 3 rings (SSSR count). The minimum atomic E-state index is -3.50. The molecule has 0 aromatic heterocycles. The second-order valence-corrected chi connectivity index (χ2v) is 10.8. The molecule has 0 bridgehead atoms. The van der Waals surface area contributed by atoms with Crippen LogP contribution in [0.15, 0.2) is 24.3 Å². The fourth-order valence-electron chi connectivity index (χ4n) is 3.49. The van der Waals surface area contributed by atoms with E-state index in [1.165, 1.54) is 0 Å². The van der Waals surface area contributed by atoms with E-state index in [2.05, 4.69) is 9.62 Å². The number of sulfonamides is 1. The number of nitrogens with one attached hydrogen (secondary N) is 1. The lowest BCUT2D eigenvalue weighted by Gasteiger charge is -2.34. The first-order chi connectivity index (χ1) is 13.9. The molecule has 30 heavy (non-hydrogen) atoms. The molecule has 1 aromatic carbocycles. The van der Waals surface area contributed by atoms with Crippen LogP contribution in [-0.2, 0) is 24.1 Å². The number of piperazine rings is 1. The number of amides is 1. The monoisotopic (exact) mass is 437 g/mol. The highest BCUT2D eigenvalue weighted by Gasteiger charge is 2.51. The molecule has 1 N–H and O–H groups in total. The predicted octanol–water partition coefficient (Wildman–Crippen LogP) is 0.892. The van der Waals surface area contributed by atoms with Crippen molar-refractivity contribution in [2.24, 2.45) is 0 Å². The van der Waals surface area contributed by atoms with Crippen molar-refractivity contribution in [3.05, 3.63) is 24.3 Å². The lowest BCUT2D eigenvalue weighted by atomic mass is 9.79. The fourth-order valence-corrected chi connectivity index (χ4v) is 4.58. The van der Waals surface area contributed by atoms with Crippen LogP contribution in [0, 0.1) is 0 Å². The Morgan fingerprint density at radius 2 is 1.70 bits per heavy atom. The Bertz CT molecular complexity index is 866. The van der Waals surface area contributed by atoms with Gasteiger partial charge in [0.1, 0.15) is 0 Å². The number of carbonyl (C=O) groups is 1. The zero-order chi connectivity index (χ0) is 22.2. The molecule has 0 spiro atoms. The smallest absolute Gasteiger partial charge is 0.399 e. The number of carbonyl (C=O) groups excluding carboxylic acids is 1. The number of hydrogen-bond acceptors (Lipinski definition) is 6. The van der Waals surface area contributed by atoms with Crippen LogP contribution in [0.5, 0.6) is 0 Å². The summed E-state index contributed by atoms with van der Waals surface area (Å²) in [5, 5.41) is 0. The van der Waals surface area contributed by atoms with E-state index in [-0.39, 0.29) is 11.7 Å². The second-order valence-electron chi connectivity index (χ2n) is 8.98. The zero-order valence-electron chi connectivity index (χ0n) is 18.5. The van der Waals surface area contributed by atoms with Crippen LogP contribution in [0.2, 0.25) is 0 Å². The van der Waals surface area contributed by atoms with E-state index in [0.29, 0.717) is 38.4 Å². The summed E-state index contributed by atoms with van der Waals surface area (Å²) in [6.07, 6.45) is 0. The maximum absolute atomic E-state index is 12.6. The maximum Gasteiger partial charge on any atom is 0.494 e. The maximum atomic E-state index is 12.6. The highest BCUT2D eigenvalue weighted by atomic mass is 32.2. The van der Waals surface area contributed by atoms with Crippen molar-refractivity contribution in [1.29, 1.82) is 0 Å². The molecule has 0 atom stereocenters. The van der Waals surface area contributed by atoms with Gasteiger partial charge in [0.15, 0.2) is 0 Å². The average Bonchev–Trinajstić information content (AvgIpc) is 2.88. The highest BCUT2D eigenvalue weighted by Crippen LogP contribution is 2.36. The normalized spacial score (nSPS) is 21.6. The van der Waals surface area contributed by atoms with Gasteiger partial charge in [0, 0.05) is 45.3 Å². The summed E-state index contributed by atoms with van der Waals surface area (Å²) in [6, 6.07) is 7.14. The van der Waals surface area contributed by atoms with Crippen molar-refractivity contribution in [1.82, 2.24) is 9.80 Å². The van der Waals surface area contributed by atoms with E-state index in [1.54, 1.807) is 30.0 Å². The summed E-state index contributed by atoms with van der Waals surface area (Å²) in [5.74, 6) is 0.0548. The average molecular weight is 437 g/mol. The van der Waals surface area contributed by atoms with Gasteiger partial charge in [0.05, 0.1) is 17.0 Å². The Morgan fingerprint density at radius 3 is 2.27 bits per heavy atom.